The van der Waals surface area contributed by atoms with Crippen LogP contribution in [0, 0.1) is 0 Å². The van der Waals surface area contributed by atoms with Gasteiger partial charge in [0.1, 0.15) is 5.75 Å². The molecule has 0 aromatic heterocycles. The van der Waals surface area contributed by atoms with Crippen LogP contribution in [0.3, 0.4) is 0 Å². The van der Waals surface area contributed by atoms with Gasteiger partial charge < -0.3 is 19.6 Å². The van der Waals surface area contributed by atoms with Gasteiger partial charge in [-0.3, -0.25) is 9.59 Å². The zero-order chi connectivity index (χ0) is 26.2. The largest absolute Gasteiger partial charge is 0.490 e. The quantitative estimate of drug-likeness (QED) is 0.545. The van der Waals surface area contributed by atoms with Crippen LogP contribution in [0.25, 0.3) is 0 Å². The Morgan fingerprint density at radius 1 is 1.14 bits per heavy atom. The molecule has 2 aromatic carbocycles. The fourth-order valence-corrected chi connectivity index (χ4v) is 6.24. The summed E-state index contributed by atoms with van der Waals surface area (Å²) in [5.74, 6) is 0.00469. The van der Waals surface area contributed by atoms with E-state index in [2.05, 4.69) is 23.1 Å². The SMILES string of the molecule is CC(=O)[C@@]1(O)CC(=O)N(C)C/C=C/CCCN2C[C@@]3(CCCc4cc(Cl)ccc43)COc3ccc1cc32. The molecule has 0 unspecified atom stereocenters. The van der Waals surface area contributed by atoms with E-state index in [1.165, 1.54) is 18.1 Å². The highest BCUT2D eigenvalue weighted by Gasteiger charge is 2.43. The number of allylic oxidation sites excluding steroid dienone is 1. The molecule has 0 radical (unpaired) electrons. The number of fused-ring (bicyclic) bond motifs is 3. The monoisotopic (exact) mass is 522 g/mol. The van der Waals surface area contributed by atoms with Crippen LogP contribution in [0.5, 0.6) is 5.75 Å². The smallest absolute Gasteiger partial charge is 0.226 e. The van der Waals surface area contributed by atoms with Crippen LogP contribution in [0.4, 0.5) is 5.69 Å². The lowest BCUT2D eigenvalue weighted by Gasteiger charge is -2.41. The lowest BCUT2D eigenvalue weighted by Crippen LogP contribution is -2.46. The average Bonchev–Trinajstić information content (AvgIpc) is 3.02. The highest BCUT2D eigenvalue weighted by atomic mass is 35.5. The second-order valence-electron chi connectivity index (χ2n) is 10.8. The summed E-state index contributed by atoms with van der Waals surface area (Å²) in [5.41, 5.74) is 1.77. The van der Waals surface area contributed by atoms with Crippen molar-refractivity contribution in [2.75, 3.05) is 38.2 Å². The standard InChI is InChI=1S/C30H35ClN2O4/c1-21(34)30(36)18-28(35)32(2)14-5-3-4-6-15-33-19-29(20-37-27-12-9-23(30)17-26(27)33)13-7-8-22-16-24(31)10-11-25(22)29/h3,5,9-12,16-17,36H,4,6-8,13-15,18-20H2,1-2H3/b5-3+/t29-,30-/m0/s1. The molecule has 0 saturated heterocycles. The summed E-state index contributed by atoms with van der Waals surface area (Å²) >= 11 is 6.35. The van der Waals surface area contributed by atoms with Gasteiger partial charge in [0.25, 0.3) is 0 Å². The first-order valence-electron chi connectivity index (χ1n) is 13.2. The number of carbonyl (C=O) groups excluding carboxylic acids is 2. The lowest BCUT2D eigenvalue weighted by atomic mass is 9.70. The highest BCUT2D eigenvalue weighted by Crippen LogP contribution is 2.45. The Bertz CT molecular complexity index is 1240. The Morgan fingerprint density at radius 3 is 2.78 bits per heavy atom. The van der Waals surface area contributed by atoms with Gasteiger partial charge in [-0.1, -0.05) is 35.9 Å². The van der Waals surface area contributed by atoms with E-state index in [0.29, 0.717) is 18.7 Å². The van der Waals surface area contributed by atoms with Crippen molar-refractivity contribution < 1.29 is 19.4 Å². The number of benzene rings is 2. The summed E-state index contributed by atoms with van der Waals surface area (Å²) < 4.78 is 6.49. The Kier molecular flexibility index (Phi) is 7.08. The van der Waals surface area contributed by atoms with E-state index in [0.717, 1.165) is 61.7 Å². The van der Waals surface area contributed by atoms with Crippen molar-refractivity contribution in [3.8, 4) is 5.75 Å². The van der Waals surface area contributed by atoms with Gasteiger partial charge in [-0.05, 0) is 80.0 Å². The number of carbonyl (C=O) groups is 2. The normalized spacial score (nSPS) is 27.1. The molecule has 5 rings (SSSR count). The van der Waals surface area contributed by atoms with Crippen LogP contribution in [0.1, 0.15) is 55.7 Å². The fraction of sp³-hybridized carbons (Fsp3) is 0.467. The van der Waals surface area contributed by atoms with Crippen LogP contribution >= 0.6 is 11.6 Å². The van der Waals surface area contributed by atoms with E-state index in [1.54, 1.807) is 18.0 Å². The molecule has 1 amide bonds. The minimum Gasteiger partial charge on any atom is -0.490 e. The van der Waals surface area contributed by atoms with Gasteiger partial charge in [-0.15, -0.1) is 0 Å². The van der Waals surface area contributed by atoms with Crippen molar-refractivity contribution in [1.29, 1.82) is 0 Å². The number of ether oxygens (including phenoxy) is 1. The third kappa shape index (κ3) is 4.89. The van der Waals surface area contributed by atoms with Gasteiger partial charge in [-0.25, -0.2) is 0 Å². The molecule has 1 spiro atoms. The number of nitrogens with zero attached hydrogens (tertiary/aromatic N) is 2. The number of hydrogen-bond acceptors (Lipinski definition) is 5. The van der Waals surface area contributed by atoms with Crippen molar-refractivity contribution in [2.45, 2.75) is 56.5 Å². The third-order valence-corrected chi connectivity index (χ3v) is 8.51. The zero-order valence-corrected chi connectivity index (χ0v) is 22.4. The van der Waals surface area contributed by atoms with E-state index < -0.39 is 11.4 Å². The van der Waals surface area contributed by atoms with E-state index in [1.807, 2.05) is 24.3 Å². The number of anilines is 1. The molecule has 1 aliphatic carbocycles. The van der Waals surface area contributed by atoms with Gasteiger partial charge in [-0.2, -0.15) is 0 Å². The molecule has 1 N–H and O–H groups in total. The number of rotatable bonds is 1. The topological polar surface area (TPSA) is 70.1 Å². The summed E-state index contributed by atoms with van der Waals surface area (Å²) in [6.45, 7) is 3.90. The summed E-state index contributed by atoms with van der Waals surface area (Å²) in [6.07, 6.45) is 8.69. The van der Waals surface area contributed by atoms with Gasteiger partial charge >= 0.3 is 0 Å². The molecule has 0 fully saturated rings. The Morgan fingerprint density at radius 2 is 1.97 bits per heavy atom. The highest BCUT2D eigenvalue weighted by molar-refractivity contribution is 6.30. The number of amides is 1. The first kappa shape index (κ1) is 25.8. The van der Waals surface area contributed by atoms with Crippen LogP contribution in [0.2, 0.25) is 5.02 Å². The van der Waals surface area contributed by atoms with Gasteiger partial charge in [0.2, 0.25) is 5.91 Å². The molecule has 7 heteroatoms. The lowest BCUT2D eigenvalue weighted by molar-refractivity contribution is -0.146. The predicted molar refractivity (Wildman–Crippen MR) is 145 cm³/mol. The number of aliphatic hydroxyl groups is 1. The van der Waals surface area contributed by atoms with Crippen molar-refractivity contribution in [1.82, 2.24) is 4.90 Å². The molecule has 37 heavy (non-hydrogen) atoms. The van der Waals surface area contributed by atoms with Crippen molar-refractivity contribution in [3.63, 3.8) is 0 Å². The van der Waals surface area contributed by atoms with E-state index in [4.69, 9.17) is 16.3 Å². The van der Waals surface area contributed by atoms with Crippen molar-refractivity contribution in [3.05, 3.63) is 70.3 Å². The molecular weight excluding hydrogens is 488 g/mol. The minimum atomic E-state index is -1.90. The van der Waals surface area contributed by atoms with Crippen LogP contribution in [-0.4, -0.2) is 55.0 Å². The van der Waals surface area contributed by atoms with Crippen LogP contribution in [-0.2, 0) is 27.0 Å². The number of Topliss-reactive ketones (excluding diaryl/α,β-unsaturated/α-hetero) is 1. The molecule has 0 saturated carbocycles. The molecule has 6 nitrogen and oxygen atoms in total. The second-order valence-corrected chi connectivity index (χ2v) is 11.2. The van der Waals surface area contributed by atoms with E-state index >= 15 is 0 Å². The van der Waals surface area contributed by atoms with Crippen molar-refractivity contribution >= 4 is 29.0 Å². The Labute approximate surface area is 223 Å². The minimum absolute atomic E-state index is 0.186. The Hall–Kier alpha value is -2.83. The third-order valence-electron chi connectivity index (χ3n) is 8.27. The maximum atomic E-state index is 12.9. The summed E-state index contributed by atoms with van der Waals surface area (Å²) in [7, 11) is 1.69. The maximum absolute atomic E-state index is 12.9. The van der Waals surface area contributed by atoms with Crippen LogP contribution < -0.4 is 9.64 Å². The summed E-state index contributed by atoms with van der Waals surface area (Å²) in [5, 5.41) is 12.3. The fourth-order valence-electron chi connectivity index (χ4n) is 6.04. The maximum Gasteiger partial charge on any atom is 0.226 e. The average molecular weight is 523 g/mol. The number of ketones is 1. The molecule has 2 aliphatic heterocycles. The van der Waals surface area contributed by atoms with Gasteiger partial charge in [0.15, 0.2) is 11.4 Å². The summed E-state index contributed by atoms with van der Waals surface area (Å²) in [4.78, 5) is 29.6. The Balaban J connectivity index is 1.60. The molecule has 3 aliphatic rings. The number of halogens is 1. The van der Waals surface area contributed by atoms with Gasteiger partial charge in [0, 0.05) is 37.1 Å². The van der Waals surface area contributed by atoms with Gasteiger partial charge in [0.05, 0.1) is 18.7 Å². The molecule has 2 bridgehead atoms. The van der Waals surface area contributed by atoms with E-state index in [-0.39, 0.29) is 17.7 Å². The molecule has 196 valence electrons. The predicted octanol–water partition coefficient (Wildman–Crippen LogP) is 4.79. The summed E-state index contributed by atoms with van der Waals surface area (Å²) in [6, 6.07) is 11.6. The van der Waals surface area contributed by atoms with E-state index in [9.17, 15) is 14.7 Å². The molecule has 2 atom stereocenters. The first-order valence-corrected chi connectivity index (χ1v) is 13.5. The van der Waals surface area contributed by atoms with Crippen molar-refractivity contribution in [2.24, 2.45) is 0 Å². The second kappa shape index (κ2) is 10.1. The molecular formula is C30H35ClN2O4. The molecule has 2 heterocycles. The zero-order valence-electron chi connectivity index (χ0n) is 21.6. The number of likely N-dealkylation sites (N-methyl/N-ethyl adjacent to an activating group) is 1. The number of hydrogen-bond donors (Lipinski definition) is 1. The number of aryl methyl sites for hydroxylation is 1. The van der Waals surface area contributed by atoms with Crippen LogP contribution in [0.15, 0.2) is 48.6 Å². The molecule has 2 aromatic rings. The first-order chi connectivity index (χ1) is 17.7.